The predicted molar refractivity (Wildman–Crippen MR) is 168 cm³/mol. The lowest BCUT2D eigenvalue weighted by atomic mass is 10.0. The van der Waals surface area contributed by atoms with E-state index in [2.05, 4.69) is 37.3 Å². The lowest BCUT2D eigenvalue weighted by Gasteiger charge is -2.27. The number of Topliss-reactive ketones (excluding diaryl/α,β-unsaturated/α-hetero) is 1. The first kappa shape index (κ1) is 28.5. The summed E-state index contributed by atoms with van der Waals surface area (Å²) in [6.45, 7) is 7.18. The van der Waals surface area contributed by atoms with E-state index in [-0.39, 0.29) is 41.3 Å². The molecule has 226 valence electrons. The number of amides is 2. The molecule has 5 aromatic rings. The van der Waals surface area contributed by atoms with Gasteiger partial charge < -0.3 is 10.2 Å². The summed E-state index contributed by atoms with van der Waals surface area (Å²) in [7, 11) is 0. The Kier molecular flexibility index (Phi) is 6.76. The van der Waals surface area contributed by atoms with Gasteiger partial charge in [0.25, 0.3) is 0 Å². The van der Waals surface area contributed by atoms with Crippen molar-refractivity contribution in [3.63, 3.8) is 0 Å². The summed E-state index contributed by atoms with van der Waals surface area (Å²) in [5.41, 5.74) is 4.66. The van der Waals surface area contributed by atoms with Gasteiger partial charge in [0.15, 0.2) is 5.78 Å². The highest BCUT2D eigenvalue weighted by molar-refractivity contribution is 6.06. The average molecular weight is 601 g/mol. The molecule has 1 saturated carbocycles. The third kappa shape index (κ3) is 5.13. The Morgan fingerprint density at radius 1 is 0.956 bits per heavy atom. The zero-order valence-corrected chi connectivity index (χ0v) is 25.5. The quantitative estimate of drug-likeness (QED) is 0.264. The van der Waals surface area contributed by atoms with Gasteiger partial charge in [-0.3, -0.25) is 24.0 Å². The molecule has 1 N–H and O–H groups in total. The summed E-state index contributed by atoms with van der Waals surface area (Å²) < 4.78 is 1.57. The molecule has 1 aromatic carbocycles. The fourth-order valence-electron chi connectivity index (χ4n) is 6.36. The van der Waals surface area contributed by atoms with Gasteiger partial charge in [-0.2, -0.15) is 5.10 Å². The van der Waals surface area contributed by atoms with E-state index in [0.29, 0.717) is 40.4 Å². The molecule has 2 aliphatic rings. The van der Waals surface area contributed by atoms with Gasteiger partial charge in [0.1, 0.15) is 29.9 Å². The summed E-state index contributed by atoms with van der Waals surface area (Å²) in [6.07, 6.45) is 6.58. The maximum absolute atomic E-state index is 14.0. The van der Waals surface area contributed by atoms with E-state index in [1.54, 1.807) is 28.2 Å². The van der Waals surface area contributed by atoms with Gasteiger partial charge in [0.2, 0.25) is 11.8 Å². The van der Waals surface area contributed by atoms with Crippen LogP contribution in [0, 0.1) is 19.3 Å². The van der Waals surface area contributed by atoms with Gasteiger partial charge in [0, 0.05) is 42.5 Å². The Morgan fingerprint density at radius 3 is 2.49 bits per heavy atom. The molecule has 11 nitrogen and oxygen atoms in total. The number of carbonyl (C=O) groups is 3. The molecule has 11 heteroatoms. The summed E-state index contributed by atoms with van der Waals surface area (Å²) in [5.74, 6) is 0.419. The van der Waals surface area contributed by atoms with Gasteiger partial charge in [-0.15, -0.1) is 0 Å². The first-order valence-electron chi connectivity index (χ1n) is 14.9. The standard InChI is InChI=1S/C34H32N8O3/c1-19-8-10-26(25-7-5-6-12-35-25)38-32(19)39-33(45)28-14-34(4)15-29(34)42(28)30(44)18-41-27-11-9-22(23-16-36-21(3)37-17-23)13-24(27)31(40-41)20(2)43/h5-13,16-17,28-29H,14-15,18H2,1-4H3,(H,38,39,45)/t28-,29+,34-/m0/s1. The van der Waals surface area contributed by atoms with Gasteiger partial charge in [-0.1, -0.05) is 25.1 Å². The van der Waals surface area contributed by atoms with Crippen molar-refractivity contribution in [1.29, 1.82) is 0 Å². The van der Waals surface area contributed by atoms with E-state index in [1.807, 2.05) is 62.4 Å². The number of aromatic nitrogens is 6. The zero-order chi connectivity index (χ0) is 31.5. The number of hydrogen-bond acceptors (Lipinski definition) is 8. The van der Waals surface area contributed by atoms with Crippen LogP contribution in [0.2, 0.25) is 0 Å². The van der Waals surface area contributed by atoms with Crippen LogP contribution in [-0.4, -0.2) is 64.3 Å². The van der Waals surface area contributed by atoms with Crippen LogP contribution in [0.3, 0.4) is 0 Å². The van der Waals surface area contributed by atoms with E-state index >= 15 is 0 Å². The number of hydrogen-bond donors (Lipinski definition) is 1. The Labute approximate surface area is 259 Å². The van der Waals surface area contributed by atoms with Gasteiger partial charge in [0.05, 0.1) is 16.9 Å². The molecule has 4 aromatic heterocycles. The maximum Gasteiger partial charge on any atom is 0.248 e. The van der Waals surface area contributed by atoms with E-state index in [9.17, 15) is 14.4 Å². The molecule has 0 spiro atoms. The summed E-state index contributed by atoms with van der Waals surface area (Å²) in [4.78, 5) is 59.6. The van der Waals surface area contributed by atoms with Crippen molar-refractivity contribution < 1.29 is 14.4 Å². The zero-order valence-electron chi connectivity index (χ0n) is 25.5. The molecular weight excluding hydrogens is 568 g/mol. The number of benzene rings is 1. The monoisotopic (exact) mass is 600 g/mol. The molecule has 1 saturated heterocycles. The van der Waals surface area contributed by atoms with Crippen LogP contribution in [0.25, 0.3) is 33.4 Å². The minimum Gasteiger partial charge on any atom is -0.325 e. The Balaban J connectivity index is 1.15. The average Bonchev–Trinajstić information content (AvgIpc) is 3.40. The SMILES string of the molecule is CC(=O)c1nn(CC(=O)N2[C@H](C(=O)Nc3nc(-c4ccccn4)ccc3C)C[C@@]3(C)C[C@@H]23)c2ccc(-c3cnc(C)nc3)cc12. The molecule has 0 unspecified atom stereocenters. The summed E-state index contributed by atoms with van der Waals surface area (Å²) in [6, 6.07) is 14.3. The van der Waals surface area contributed by atoms with Crippen LogP contribution >= 0.6 is 0 Å². The minimum absolute atomic E-state index is 0.0306. The second-order valence-electron chi connectivity index (χ2n) is 12.3. The van der Waals surface area contributed by atoms with Crippen LogP contribution in [-0.2, 0) is 16.1 Å². The van der Waals surface area contributed by atoms with E-state index in [0.717, 1.165) is 23.1 Å². The van der Waals surface area contributed by atoms with Crippen molar-refractivity contribution in [2.45, 2.75) is 59.2 Å². The van der Waals surface area contributed by atoms with Crippen LogP contribution in [0.5, 0.6) is 0 Å². The molecule has 7 rings (SSSR count). The molecular formula is C34H32N8O3. The topological polar surface area (TPSA) is 136 Å². The number of aryl methyl sites for hydroxylation is 2. The summed E-state index contributed by atoms with van der Waals surface area (Å²) >= 11 is 0. The van der Waals surface area contributed by atoms with E-state index in [4.69, 9.17) is 0 Å². The molecule has 0 bridgehead atoms. The van der Waals surface area contributed by atoms with Crippen molar-refractivity contribution in [1.82, 2.24) is 34.6 Å². The van der Waals surface area contributed by atoms with Crippen LogP contribution in [0.4, 0.5) is 5.82 Å². The second kappa shape index (κ2) is 10.7. The highest BCUT2D eigenvalue weighted by atomic mass is 16.2. The lowest BCUT2D eigenvalue weighted by Crippen LogP contribution is -2.47. The number of fused-ring (bicyclic) bond motifs is 2. The number of pyridine rings is 2. The number of carbonyl (C=O) groups excluding carboxylic acids is 3. The molecule has 5 heterocycles. The fraction of sp³-hybridized carbons (Fsp3) is 0.294. The molecule has 3 atom stereocenters. The Bertz CT molecular complexity index is 1990. The number of likely N-dealkylation sites (tertiary alicyclic amines) is 1. The first-order valence-corrected chi connectivity index (χ1v) is 14.9. The number of rotatable bonds is 7. The largest absolute Gasteiger partial charge is 0.325 e. The second-order valence-corrected chi connectivity index (χ2v) is 12.3. The van der Waals surface area contributed by atoms with Crippen molar-refractivity contribution in [3.8, 4) is 22.5 Å². The third-order valence-corrected chi connectivity index (χ3v) is 8.98. The van der Waals surface area contributed by atoms with E-state index < -0.39 is 6.04 Å². The van der Waals surface area contributed by atoms with Crippen molar-refractivity contribution in [2.24, 2.45) is 5.41 Å². The normalized spacial score (nSPS) is 20.2. The molecule has 2 fully saturated rings. The molecule has 0 radical (unpaired) electrons. The van der Waals surface area contributed by atoms with Crippen LogP contribution in [0.1, 0.15) is 48.6 Å². The molecule has 2 amide bonds. The molecule has 1 aliphatic heterocycles. The molecule has 45 heavy (non-hydrogen) atoms. The number of piperidine rings is 1. The number of nitrogens with one attached hydrogen (secondary N) is 1. The third-order valence-electron chi connectivity index (χ3n) is 8.98. The molecule has 1 aliphatic carbocycles. The highest BCUT2D eigenvalue weighted by Gasteiger charge is 2.64. The van der Waals surface area contributed by atoms with Crippen LogP contribution < -0.4 is 5.32 Å². The highest BCUT2D eigenvalue weighted by Crippen LogP contribution is 2.59. The predicted octanol–water partition coefficient (Wildman–Crippen LogP) is 4.79. The van der Waals surface area contributed by atoms with Crippen LogP contribution in [0.15, 0.2) is 67.1 Å². The van der Waals surface area contributed by atoms with Crippen molar-refractivity contribution in [3.05, 3.63) is 84.2 Å². The Hall–Kier alpha value is -5.32. The fourth-order valence-corrected chi connectivity index (χ4v) is 6.36. The minimum atomic E-state index is -0.650. The van der Waals surface area contributed by atoms with Crippen molar-refractivity contribution in [2.75, 3.05) is 5.32 Å². The smallest absolute Gasteiger partial charge is 0.248 e. The number of nitrogens with zero attached hydrogens (tertiary/aromatic N) is 7. The lowest BCUT2D eigenvalue weighted by molar-refractivity contribution is -0.138. The number of ketones is 1. The number of anilines is 1. The summed E-state index contributed by atoms with van der Waals surface area (Å²) in [5, 5.41) is 8.21. The van der Waals surface area contributed by atoms with Gasteiger partial charge in [-0.25, -0.2) is 15.0 Å². The van der Waals surface area contributed by atoms with Crippen molar-refractivity contribution >= 4 is 34.3 Å². The van der Waals surface area contributed by atoms with E-state index in [1.165, 1.54) is 6.92 Å². The van der Waals surface area contributed by atoms with Gasteiger partial charge >= 0.3 is 0 Å². The first-order chi connectivity index (χ1) is 21.6. The maximum atomic E-state index is 14.0. The Morgan fingerprint density at radius 2 is 1.76 bits per heavy atom. The van der Waals surface area contributed by atoms with Gasteiger partial charge in [-0.05, 0) is 73.6 Å².